The zero-order chi connectivity index (χ0) is 26.0. The molecule has 7 rings (SSSR count). The van der Waals surface area contributed by atoms with E-state index < -0.39 is 0 Å². The van der Waals surface area contributed by atoms with Gasteiger partial charge in [-0.1, -0.05) is 11.6 Å². The Morgan fingerprint density at radius 2 is 1.87 bits per heavy atom. The van der Waals surface area contributed by atoms with Crippen molar-refractivity contribution in [1.82, 2.24) is 4.57 Å². The lowest BCUT2D eigenvalue weighted by Gasteiger charge is -2.21. The van der Waals surface area contributed by atoms with Crippen molar-refractivity contribution >= 4 is 39.2 Å². The molecule has 0 aliphatic carbocycles. The molecule has 190 valence electrons. The number of pyridine rings is 1. The Morgan fingerprint density at radius 1 is 1.03 bits per heavy atom. The summed E-state index contributed by atoms with van der Waals surface area (Å²) < 4.78 is 26.7. The van der Waals surface area contributed by atoms with Gasteiger partial charge >= 0.3 is 0 Å². The third-order valence-electron chi connectivity index (χ3n) is 7.49. The third kappa shape index (κ3) is 3.42. The molecular formula is C30H24ClN2O5+. The molecule has 0 saturated carbocycles. The summed E-state index contributed by atoms with van der Waals surface area (Å²) in [7, 11) is 3.27. The van der Waals surface area contributed by atoms with Crippen LogP contribution in [0.1, 0.15) is 15.9 Å². The smallest absolute Gasteiger partial charge is 0.235 e. The van der Waals surface area contributed by atoms with E-state index in [0.717, 1.165) is 63.0 Å². The number of ether oxygens (including phenoxy) is 4. The SMILES string of the molecule is COc1ccc2c(CC(=O)n3ccc4cc(Cl)ccc43)c3[n+](cc2c1OC)CCc1cc2c(cc1-3)OCO2. The minimum atomic E-state index is -0.0414. The summed E-state index contributed by atoms with van der Waals surface area (Å²) in [5, 5.41) is 3.39. The van der Waals surface area contributed by atoms with Gasteiger partial charge in [0.15, 0.2) is 35.7 Å². The average Bonchev–Trinajstić information content (AvgIpc) is 3.57. The Kier molecular flexibility index (Phi) is 5.23. The molecule has 0 spiro atoms. The topological polar surface area (TPSA) is 62.8 Å². The van der Waals surface area contributed by atoms with Crippen LogP contribution in [0.25, 0.3) is 32.9 Å². The van der Waals surface area contributed by atoms with Crippen LogP contribution in [-0.2, 0) is 19.4 Å². The van der Waals surface area contributed by atoms with Gasteiger partial charge in [0.05, 0.1) is 37.1 Å². The maximum Gasteiger partial charge on any atom is 0.235 e. The largest absolute Gasteiger partial charge is 0.493 e. The highest BCUT2D eigenvalue weighted by molar-refractivity contribution is 6.31. The van der Waals surface area contributed by atoms with Crippen LogP contribution in [0.15, 0.2) is 60.9 Å². The number of fused-ring (bicyclic) bond motifs is 6. The maximum atomic E-state index is 13.9. The second kappa shape index (κ2) is 8.67. The van der Waals surface area contributed by atoms with Crippen molar-refractivity contribution in [2.75, 3.05) is 21.0 Å². The number of carbonyl (C=O) groups is 1. The van der Waals surface area contributed by atoms with E-state index in [4.69, 9.17) is 30.5 Å². The number of methoxy groups -OCH3 is 2. The minimum absolute atomic E-state index is 0.0414. The number of aromatic nitrogens is 2. The molecule has 0 amide bonds. The molecule has 5 aromatic rings. The Hall–Kier alpha value is -4.23. The molecule has 0 unspecified atom stereocenters. The lowest BCUT2D eigenvalue weighted by atomic mass is 9.89. The normalized spacial score (nSPS) is 13.4. The van der Waals surface area contributed by atoms with E-state index in [1.807, 2.05) is 42.6 Å². The predicted molar refractivity (Wildman–Crippen MR) is 144 cm³/mol. The van der Waals surface area contributed by atoms with Crippen LogP contribution >= 0.6 is 11.6 Å². The molecule has 0 saturated heterocycles. The molecule has 0 fully saturated rings. The summed E-state index contributed by atoms with van der Waals surface area (Å²) in [5.41, 5.74) is 4.96. The standard InChI is InChI=1S/C30H24ClN2O5/c1-35-25-6-4-20-22(14-28(34)33-10-8-18-11-19(31)3-5-24(18)33)29-21-13-27-26(37-16-38-27)12-17(21)7-9-32(29)15-23(20)30(25)36-2/h3-6,8,10-13,15H,7,9,14,16H2,1-2H3/q+1. The molecule has 0 atom stereocenters. The summed E-state index contributed by atoms with van der Waals surface area (Å²) in [6.45, 7) is 0.966. The fraction of sp³-hybridized carbons (Fsp3) is 0.200. The van der Waals surface area contributed by atoms with Gasteiger partial charge in [-0.05, 0) is 54.1 Å². The van der Waals surface area contributed by atoms with Gasteiger partial charge in [0.2, 0.25) is 18.4 Å². The molecule has 4 heterocycles. The first-order valence-electron chi connectivity index (χ1n) is 12.4. The molecule has 2 aliphatic rings. The van der Waals surface area contributed by atoms with Crippen LogP contribution in [-0.4, -0.2) is 31.5 Å². The van der Waals surface area contributed by atoms with Crippen molar-refractivity contribution in [3.8, 4) is 34.3 Å². The van der Waals surface area contributed by atoms with E-state index in [0.29, 0.717) is 16.5 Å². The molecule has 2 aliphatic heterocycles. The quantitative estimate of drug-likeness (QED) is 0.285. The maximum absolute atomic E-state index is 13.9. The molecule has 2 aromatic heterocycles. The van der Waals surface area contributed by atoms with Gasteiger partial charge in [-0.25, -0.2) is 0 Å². The van der Waals surface area contributed by atoms with E-state index in [2.05, 4.69) is 16.8 Å². The van der Waals surface area contributed by atoms with Gasteiger partial charge in [0, 0.05) is 34.0 Å². The highest BCUT2D eigenvalue weighted by Crippen LogP contribution is 2.43. The first-order chi connectivity index (χ1) is 18.6. The van der Waals surface area contributed by atoms with Crippen molar-refractivity contribution in [3.63, 3.8) is 0 Å². The van der Waals surface area contributed by atoms with Crippen LogP contribution < -0.4 is 23.5 Å². The number of nitrogens with zero attached hydrogens (tertiary/aromatic N) is 2. The molecule has 7 nitrogen and oxygen atoms in total. The highest BCUT2D eigenvalue weighted by atomic mass is 35.5. The number of hydrogen-bond donors (Lipinski definition) is 0. The molecule has 0 N–H and O–H groups in total. The Labute approximate surface area is 223 Å². The zero-order valence-electron chi connectivity index (χ0n) is 20.9. The first-order valence-corrected chi connectivity index (χ1v) is 12.8. The Balaban J connectivity index is 1.47. The fourth-order valence-electron chi connectivity index (χ4n) is 5.76. The monoisotopic (exact) mass is 527 g/mol. The highest BCUT2D eigenvalue weighted by Gasteiger charge is 2.33. The van der Waals surface area contributed by atoms with Crippen LogP contribution in [0.2, 0.25) is 5.02 Å². The van der Waals surface area contributed by atoms with E-state index >= 15 is 0 Å². The van der Waals surface area contributed by atoms with E-state index in [-0.39, 0.29) is 19.1 Å². The van der Waals surface area contributed by atoms with Crippen molar-refractivity contribution in [3.05, 3.63) is 77.1 Å². The summed E-state index contributed by atoms with van der Waals surface area (Å²) in [6.07, 6.45) is 4.92. The average molecular weight is 528 g/mol. The van der Waals surface area contributed by atoms with Gasteiger partial charge in [-0.2, -0.15) is 4.57 Å². The number of rotatable bonds is 4. The molecule has 38 heavy (non-hydrogen) atoms. The van der Waals surface area contributed by atoms with Gasteiger partial charge < -0.3 is 18.9 Å². The first kappa shape index (κ1) is 22.9. The molecular weight excluding hydrogens is 504 g/mol. The number of aryl methyl sites for hydroxylation is 2. The molecule has 8 heteroatoms. The molecule has 3 aromatic carbocycles. The van der Waals surface area contributed by atoms with E-state index in [1.165, 1.54) is 5.56 Å². The molecule has 0 radical (unpaired) electrons. The van der Waals surface area contributed by atoms with Crippen LogP contribution in [0, 0.1) is 0 Å². The number of hydrogen-bond acceptors (Lipinski definition) is 5. The van der Waals surface area contributed by atoms with Crippen LogP contribution in [0.3, 0.4) is 0 Å². The minimum Gasteiger partial charge on any atom is -0.493 e. The van der Waals surface area contributed by atoms with E-state index in [1.54, 1.807) is 24.9 Å². The number of halogens is 1. The summed E-state index contributed by atoms with van der Waals surface area (Å²) in [5.74, 6) is 2.73. The lowest BCUT2D eigenvalue weighted by molar-refractivity contribution is -0.686. The van der Waals surface area contributed by atoms with Gasteiger partial charge in [-0.3, -0.25) is 9.36 Å². The van der Waals surface area contributed by atoms with Crippen molar-refractivity contribution in [1.29, 1.82) is 0 Å². The van der Waals surface area contributed by atoms with Gasteiger partial charge in [0.1, 0.15) is 0 Å². The predicted octanol–water partition coefficient (Wildman–Crippen LogP) is 5.59. The summed E-state index contributed by atoms with van der Waals surface area (Å²) in [6, 6.07) is 15.5. The Morgan fingerprint density at radius 3 is 2.68 bits per heavy atom. The molecule has 0 bridgehead atoms. The number of benzene rings is 3. The fourth-order valence-corrected chi connectivity index (χ4v) is 5.94. The van der Waals surface area contributed by atoms with Crippen molar-refractivity contribution in [2.24, 2.45) is 0 Å². The second-order valence-corrected chi connectivity index (χ2v) is 9.92. The lowest BCUT2D eigenvalue weighted by Crippen LogP contribution is -2.41. The second-order valence-electron chi connectivity index (χ2n) is 9.48. The third-order valence-corrected chi connectivity index (χ3v) is 7.73. The van der Waals surface area contributed by atoms with Gasteiger partial charge in [-0.15, -0.1) is 0 Å². The van der Waals surface area contributed by atoms with E-state index in [9.17, 15) is 4.79 Å². The van der Waals surface area contributed by atoms with Gasteiger partial charge in [0.25, 0.3) is 0 Å². The van der Waals surface area contributed by atoms with Crippen LogP contribution in [0.5, 0.6) is 23.0 Å². The summed E-state index contributed by atoms with van der Waals surface area (Å²) >= 11 is 6.19. The summed E-state index contributed by atoms with van der Waals surface area (Å²) in [4.78, 5) is 13.9. The van der Waals surface area contributed by atoms with Crippen molar-refractivity contribution < 1.29 is 28.3 Å². The van der Waals surface area contributed by atoms with Crippen LogP contribution in [0.4, 0.5) is 0 Å². The van der Waals surface area contributed by atoms with Crippen molar-refractivity contribution in [2.45, 2.75) is 19.4 Å². The Bertz CT molecular complexity index is 1790. The number of carbonyl (C=O) groups excluding carboxylic acids is 1. The zero-order valence-corrected chi connectivity index (χ0v) is 21.7.